The highest BCUT2D eigenvalue weighted by molar-refractivity contribution is 6.31. The third kappa shape index (κ3) is 6.04. The predicted molar refractivity (Wildman–Crippen MR) is 148 cm³/mol. The van der Waals surface area contributed by atoms with Gasteiger partial charge in [0.15, 0.2) is 5.78 Å². The van der Waals surface area contributed by atoms with Crippen LogP contribution in [-0.4, -0.2) is 61.6 Å². The lowest BCUT2D eigenvalue weighted by Gasteiger charge is -2.21. The van der Waals surface area contributed by atoms with Crippen molar-refractivity contribution in [2.75, 3.05) is 44.4 Å². The minimum Gasteiger partial charge on any atom is -0.377 e. The highest BCUT2D eigenvalue weighted by Crippen LogP contribution is 2.30. The van der Waals surface area contributed by atoms with E-state index in [0.29, 0.717) is 38.2 Å². The number of aliphatic imine (C=N–C) groups is 1. The normalized spacial score (nSPS) is 12.6. The molecule has 9 heteroatoms. The molecule has 0 fully saturated rings. The quantitative estimate of drug-likeness (QED) is 0.414. The molecule has 1 aromatic heterocycles. The van der Waals surface area contributed by atoms with E-state index < -0.39 is 5.91 Å². The molecule has 0 spiro atoms. The zero-order chi connectivity index (χ0) is 25.1. The molecule has 1 amide bonds. The first-order valence-corrected chi connectivity index (χ1v) is 11.8. The molecule has 3 aromatic rings. The highest BCUT2D eigenvalue weighted by Gasteiger charge is 2.22. The van der Waals surface area contributed by atoms with Gasteiger partial charge in [-0.05, 0) is 29.8 Å². The summed E-state index contributed by atoms with van der Waals surface area (Å²) in [4.78, 5) is 39.1. The zero-order valence-electron chi connectivity index (χ0n) is 19.7. The number of pyridine rings is 1. The Morgan fingerprint density at radius 1 is 1.06 bits per heavy atom. The first-order valence-electron chi connectivity index (χ1n) is 11.0. The predicted octanol–water partition coefficient (Wildman–Crippen LogP) is 5.46. The van der Waals surface area contributed by atoms with Crippen LogP contribution in [0, 0.1) is 0 Å². The van der Waals surface area contributed by atoms with E-state index in [1.807, 2.05) is 38.2 Å². The average Bonchev–Trinajstić information content (AvgIpc) is 3.27. The first-order chi connectivity index (χ1) is 16.7. The number of anilines is 2. The Hall–Kier alpha value is -3.42. The van der Waals surface area contributed by atoms with Gasteiger partial charge >= 0.3 is 0 Å². The van der Waals surface area contributed by atoms with E-state index in [1.165, 1.54) is 6.20 Å². The van der Waals surface area contributed by atoms with Crippen LogP contribution in [0.2, 0.25) is 10.0 Å². The summed E-state index contributed by atoms with van der Waals surface area (Å²) in [6, 6.07) is 14.0. The van der Waals surface area contributed by atoms with Crippen LogP contribution in [0.1, 0.15) is 39.3 Å². The molecule has 0 saturated heterocycles. The van der Waals surface area contributed by atoms with E-state index >= 15 is 0 Å². The van der Waals surface area contributed by atoms with Gasteiger partial charge in [-0.25, -0.2) is 4.98 Å². The van der Waals surface area contributed by atoms with Gasteiger partial charge in [-0.15, -0.1) is 0 Å². The molecule has 0 unspecified atom stereocenters. The number of nitrogens with zero attached hydrogens (tertiary/aromatic N) is 4. The number of amides is 1. The van der Waals surface area contributed by atoms with E-state index in [2.05, 4.69) is 20.2 Å². The van der Waals surface area contributed by atoms with Crippen molar-refractivity contribution in [3.8, 4) is 0 Å². The number of hydrogen-bond donors (Lipinski definition) is 1. The van der Waals surface area contributed by atoms with Crippen LogP contribution in [0.15, 0.2) is 59.7 Å². The number of likely N-dealkylation sites (N-methyl/N-ethyl adjacent to an activating group) is 1. The standard InChI is InChI=1S/C26H25Cl2N5O2.CH4/c1-32(2)22-13-19(28)12-21(26(35)31-24-9-8-18(27)15-30-24)20(22)14-23(34)16-4-6-17(7-5-16)25-29-10-11-33(25)3;/h4-9,12-13,15H,10-11,14H2,1-3H3,(H,30,31,35);1H4. The number of hydrogen-bond acceptors (Lipinski definition) is 6. The second-order valence-corrected chi connectivity index (χ2v) is 9.34. The van der Waals surface area contributed by atoms with Gasteiger partial charge in [0.05, 0.1) is 11.6 Å². The van der Waals surface area contributed by atoms with Gasteiger partial charge in [0.1, 0.15) is 11.7 Å². The van der Waals surface area contributed by atoms with Crippen molar-refractivity contribution in [3.05, 3.63) is 87.0 Å². The Labute approximate surface area is 221 Å². The van der Waals surface area contributed by atoms with Crippen LogP contribution in [0.25, 0.3) is 0 Å². The lowest BCUT2D eigenvalue weighted by Crippen LogP contribution is -2.23. The zero-order valence-corrected chi connectivity index (χ0v) is 21.2. The van der Waals surface area contributed by atoms with Crippen molar-refractivity contribution >= 4 is 52.2 Å². The summed E-state index contributed by atoms with van der Waals surface area (Å²) in [5.41, 5.74) is 3.11. The van der Waals surface area contributed by atoms with Gasteiger partial charge < -0.3 is 15.1 Å². The van der Waals surface area contributed by atoms with E-state index in [4.69, 9.17) is 23.2 Å². The van der Waals surface area contributed by atoms with Crippen molar-refractivity contribution < 1.29 is 9.59 Å². The molecule has 1 aliphatic rings. The van der Waals surface area contributed by atoms with Gasteiger partial charge in [0, 0.05) is 67.7 Å². The summed E-state index contributed by atoms with van der Waals surface area (Å²) in [7, 11) is 5.69. The van der Waals surface area contributed by atoms with Crippen LogP contribution in [0.5, 0.6) is 0 Å². The van der Waals surface area contributed by atoms with Crippen molar-refractivity contribution in [2.45, 2.75) is 13.8 Å². The summed E-state index contributed by atoms with van der Waals surface area (Å²) < 4.78 is 0. The maximum atomic E-state index is 13.3. The minimum atomic E-state index is -0.411. The monoisotopic (exact) mass is 525 g/mol. The van der Waals surface area contributed by atoms with Crippen molar-refractivity contribution in [1.29, 1.82) is 0 Å². The summed E-state index contributed by atoms with van der Waals surface area (Å²) in [5.74, 6) is 0.748. The second kappa shape index (κ2) is 11.5. The molecule has 0 aliphatic carbocycles. The molecular weight excluding hydrogens is 497 g/mol. The number of rotatable bonds is 7. The Balaban J connectivity index is 0.00000361. The first kappa shape index (κ1) is 27.2. The Morgan fingerprint density at radius 3 is 2.36 bits per heavy atom. The summed E-state index contributed by atoms with van der Waals surface area (Å²) in [6.07, 6.45) is 1.48. The molecule has 4 rings (SSSR count). The van der Waals surface area contributed by atoms with Gasteiger partial charge in [-0.1, -0.05) is 54.9 Å². The van der Waals surface area contributed by atoms with Gasteiger partial charge in [0.2, 0.25) is 0 Å². The smallest absolute Gasteiger partial charge is 0.257 e. The van der Waals surface area contributed by atoms with Crippen molar-refractivity contribution in [3.63, 3.8) is 0 Å². The third-order valence-electron chi connectivity index (χ3n) is 5.75. The van der Waals surface area contributed by atoms with Gasteiger partial charge in [-0.2, -0.15) is 0 Å². The fourth-order valence-corrected chi connectivity index (χ4v) is 4.28. The Kier molecular flexibility index (Phi) is 8.71. The fourth-order valence-electron chi connectivity index (χ4n) is 3.96. The highest BCUT2D eigenvalue weighted by atomic mass is 35.5. The second-order valence-electron chi connectivity index (χ2n) is 8.47. The number of ketones is 1. The molecule has 0 saturated carbocycles. The molecule has 1 aliphatic heterocycles. The summed E-state index contributed by atoms with van der Waals surface area (Å²) in [5, 5.41) is 3.62. The average molecular weight is 526 g/mol. The number of carbonyl (C=O) groups excluding carboxylic acids is 2. The molecule has 2 aromatic carbocycles. The molecular formula is C27H29Cl2N5O2. The fraction of sp³-hybridized carbons (Fsp3) is 0.259. The molecule has 2 heterocycles. The minimum absolute atomic E-state index is 0. The summed E-state index contributed by atoms with van der Waals surface area (Å²) in [6.45, 7) is 1.66. The van der Waals surface area contributed by atoms with Crippen LogP contribution in [0.4, 0.5) is 11.5 Å². The Morgan fingerprint density at radius 2 is 1.78 bits per heavy atom. The van der Waals surface area contributed by atoms with Crippen LogP contribution < -0.4 is 10.2 Å². The number of halogens is 2. The topological polar surface area (TPSA) is 77.9 Å². The van der Waals surface area contributed by atoms with Crippen LogP contribution in [0.3, 0.4) is 0 Å². The van der Waals surface area contributed by atoms with Gasteiger partial charge in [-0.3, -0.25) is 14.6 Å². The molecule has 7 nitrogen and oxygen atoms in total. The SMILES string of the molecule is C.CN1CCN=C1c1ccc(C(=O)Cc2c(C(=O)Nc3ccc(Cl)cn3)cc(Cl)cc2N(C)C)cc1. The van der Waals surface area contributed by atoms with Crippen LogP contribution >= 0.6 is 23.2 Å². The molecule has 0 radical (unpaired) electrons. The Bertz CT molecular complexity index is 1290. The van der Waals surface area contributed by atoms with E-state index in [0.717, 1.165) is 24.5 Å². The van der Waals surface area contributed by atoms with E-state index in [1.54, 1.807) is 36.4 Å². The summed E-state index contributed by atoms with van der Waals surface area (Å²) >= 11 is 12.2. The maximum Gasteiger partial charge on any atom is 0.257 e. The molecule has 0 atom stereocenters. The lowest BCUT2D eigenvalue weighted by atomic mass is 9.95. The van der Waals surface area contributed by atoms with Gasteiger partial charge in [0.25, 0.3) is 5.91 Å². The molecule has 1 N–H and O–H groups in total. The van der Waals surface area contributed by atoms with Crippen LogP contribution in [-0.2, 0) is 6.42 Å². The van der Waals surface area contributed by atoms with Crippen molar-refractivity contribution in [2.24, 2.45) is 4.99 Å². The molecule has 188 valence electrons. The number of amidine groups is 1. The third-order valence-corrected chi connectivity index (χ3v) is 6.19. The number of aromatic nitrogens is 1. The number of benzene rings is 2. The number of nitrogens with one attached hydrogen (secondary N) is 1. The number of Topliss-reactive ketones (excluding diaryl/α,β-unsaturated/α-hetero) is 1. The van der Waals surface area contributed by atoms with E-state index in [9.17, 15) is 9.59 Å². The lowest BCUT2D eigenvalue weighted by molar-refractivity contribution is 0.0992. The number of carbonyl (C=O) groups is 2. The van der Waals surface area contributed by atoms with E-state index in [-0.39, 0.29) is 19.6 Å². The molecule has 0 bridgehead atoms. The molecule has 36 heavy (non-hydrogen) atoms. The van der Waals surface area contributed by atoms with Crippen molar-refractivity contribution in [1.82, 2.24) is 9.88 Å². The largest absolute Gasteiger partial charge is 0.377 e. The maximum absolute atomic E-state index is 13.3.